The Kier molecular flexibility index (Phi) is 11.3. The van der Waals surface area contributed by atoms with Crippen LogP contribution in [0.3, 0.4) is 0 Å². The number of rotatable bonds is 4. The molecule has 16 heteroatoms. The largest absolute Gasteiger partial charge is 1.00 e. The van der Waals surface area contributed by atoms with Crippen LogP contribution in [0.4, 0.5) is 0 Å². The number of likely N-dealkylation sites (tertiary alicyclic amines) is 2. The van der Waals surface area contributed by atoms with E-state index in [4.69, 9.17) is 17.2 Å². The molecule has 15 rings (SSSR count). The van der Waals surface area contributed by atoms with Gasteiger partial charge in [0.1, 0.15) is 11.6 Å². The zero-order valence-electron chi connectivity index (χ0n) is 45.5. The number of phenols is 3. The van der Waals surface area contributed by atoms with Crippen molar-refractivity contribution in [2.45, 2.75) is 174 Å². The second kappa shape index (κ2) is 17.0. The molecule has 0 radical (unpaired) electrons. The van der Waals surface area contributed by atoms with E-state index in [1.807, 2.05) is 18.2 Å². The molecule has 3 saturated carbocycles. The van der Waals surface area contributed by atoms with Crippen LogP contribution < -0.4 is 43.5 Å². The van der Waals surface area contributed by atoms with Gasteiger partial charge in [-0.1, -0.05) is 35.4 Å². The summed E-state index contributed by atoms with van der Waals surface area (Å²) in [5.74, 6) is 1.67. The molecule has 75 heavy (non-hydrogen) atoms. The van der Waals surface area contributed by atoms with Gasteiger partial charge in [-0.15, -0.1) is 0 Å². The van der Waals surface area contributed by atoms with Gasteiger partial charge in [0, 0.05) is 78.4 Å². The van der Waals surface area contributed by atoms with Gasteiger partial charge in [-0.2, -0.15) is 0 Å². The third-order valence-electron chi connectivity index (χ3n) is 21.0. The molecule has 6 aliphatic carbocycles. The van der Waals surface area contributed by atoms with Gasteiger partial charge in [0.2, 0.25) is 0 Å². The second-order valence-corrected chi connectivity index (χ2v) is 24.8. The number of piperidine rings is 3. The molecule has 12 aliphatic rings. The monoisotopic (exact) mass is 1150 g/mol. The molecule has 6 heterocycles. The predicted molar refractivity (Wildman–Crippen MR) is 275 cm³/mol. The van der Waals surface area contributed by atoms with Gasteiger partial charge in [-0.3, -0.25) is 19.3 Å². The van der Waals surface area contributed by atoms with Crippen molar-refractivity contribution in [3.63, 3.8) is 0 Å². The molecule has 3 spiro atoms. The standard InChI is InChI=1S/C22H27NO4.C21H25NO4.C16H17NO4.HI.2H2/c1-13(2)7-10-23(3)11-9-21-18-14-4-5-15(24)19(18)27-20(21)16(25)6-8-22(21,26)17(23)12-14;1-12(2)6-9-22-10-8-20-17-13-3-4-14(23)18(17)26-19(20)15(24)5-7-21(20,25)16(22)11-13;18-9-2-1-8-7-11-16(20)4-3-10(19)14-15(16,5-6-17-11)12(8)13(9)21-14;;;/h4-5,7,17,20,26H,6,8-12H2,1-3H3;3-4,6,16,19,23,25H,5,7-11H2,1-2H3;1-2,11,14,17-18,20H,3-7H2;3*1H/t17-,20+,21+,22-,23+;16-,19+,20+,21-;11-,14+,15+,16-;;;/m111.../s1/i;;;;1+1D;1+1. The maximum absolute atomic E-state index is 12.8. The number of carbonyl (C=O) groups is 3. The molecule has 0 amide bonds. The van der Waals surface area contributed by atoms with Crippen molar-refractivity contribution in [2.75, 3.05) is 39.8 Å². The van der Waals surface area contributed by atoms with Crippen LogP contribution in [-0.4, -0.2) is 150 Å². The number of benzene rings is 3. The molecule has 13 atom stereocenters. The van der Waals surface area contributed by atoms with E-state index in [0.717, 1.165) is 83.4 Å². The summed E-state index contributed by atoms with van der Waals surface area (Å²) in [5, 5.41) is 69.9. The Labute approximate surface area is 459 Å². The van der Waals surface area contributed by atoms with E-state index < -0.39 is 51.4 Å². The summed E-state index contributed by atoms with van der Waals surface area (Å²) in [6, 6.07) is 10.7. The fourth-order valence-corrected chi connectivity index (χ4v) is 17.6. The van der Waals surface area contributed by atoms with Crippen LogP contribution in [0.25, 0.3) is 0 Å². The Bertz CT molecular complexity index is 3080. The quantitative estimate of drug-likeness (QED) is 0.113. The minimum atomic E-state index is -0.995. The zero-order chi connectivity index (χ0) is 53.9. The number of ketones is 3. The summed E-state index contributed by atoms with van der Waals surface area (Å²) in [7, 11) is 2.24. The summed E-state index contributed by atoms with van der Waals surface area (Å²) in [6.45, 7) is 12.5. The molecule has 3 saturated heterocycles. The number of hydrogen-bond acceptors (Lipinski definition) is 14. The highest BCUT2D eigenvalue weighted by Crippen LogP contribution is 2.68. The highest BCUT2D eigenvalue weighted by Gasteiger charge is 2.77. The third kappa shape index (κ3) is 6.38. The van der Waals surface area contributed by atoms with Crippen LogP contribution in [0.2, 0.25) is 0 Å². The molecule has 6 bridgehead atoms. The van der Waals surface area contributed by atoms with Gasteiger partial charge in [0.15, 0.2) is 70.2 Å². The first-order valence-electron chi connectivity index (χ1n) is 28.1. The number of phenolic OH excluding ortho intramolecular Hbond substituents is 3. The van der Waals surface area contributed by atoms with Crippen LogP contribution >= 0.6 is 0 Å². The Hall–Kier alpha value is -4.56. The first kappa shape index (κ1) is 50.0. The molecule has 6 aliphatic heterocycles. The lowest BCUT2D eigenvalue weighted by molar-refractivity contribution is -0.944. The van der Waals surface area contributed by atoms with Crippen molar-refractivity contribution >= 4 is 17.3 Å². The Morgan fingerprint density at radius 2 is 1.12 bits per heavy atom. The number of likely N-dealkylation sites (N-methyl/N-ethyl adjacent to an activating group) is 1. The SMILES string of the molecule is CC(C)=CCN1CC[C@]23c4c5ccc(O)c4O[C@H]2C(=O)CC[C@@]3(O)[C@H]1C5.CC(C)=CC[N@@+]1(C)CC[C@]23c4c5ccc(O)c4O[C@H]2C(=O)CC[C@@]3(O)[C@H]1C5.O=C1CC[C@@]2(O)[C@H]3Cc4ccc(O)c5c4[C@@]2(CCN3)[C@H]1O5.[2HH].[2H][2H].[I-]. The first-order chi connectivity index (χ1) is 36.2. The van der Waals surface area contributed by atoms with Crippen LogP contribution in [0, 0.1) is 0 Å². The van der Waals surface area contributed by atoms with E-state index in [0.29, 0.717) is 81.5 Å². The number of nitrogens with zero attached hydrogens (tertiary/aromatic N) is 2. The molecule has 15 nitrogen and oxygen atoms in total. The van der Waals surface area contributed by atoms with Crippen LogP contribution in [0.15, 0.2) is 59.7 Å². The third-order valence-corrected chi connectivity index (χ3v) is 21.0. The first-order valence-corrected chi connectivity index (χ1v) is 27.1. The summed E-state index contributed by atoms with van der Waals surface area (Å²) in [6.07, 6.45) is 9.14. The molecular weight excluding hydrogens is 1070 g/mol. The maximum atomic E-state index is 12.8. The number of aliphatic hydroxyl groups is 3. The van der Waals surface area contributed by atoms with Gasteiger partial charge in [0.05, 0.1) is 47.6 Å². The normalized spacial score (nSPS) is 39.6. The van der Waals surface area contributed by atoms with E-state index in [1.54, 1.807) is 18.2 Å². The van der Waals surface area contributed by atoms with Gasteiger partial charge in [0.25, 0.3) is 0 Å². The fourth-order valence-electron chi connectivity index (χ4n) is 17.6. The van der Waals surface area contributed by atoms with Crippen molar-refractivity contribution in [1.29, 1.82) is 0 Å². The number of aromatic hydroxyl groups is 3. The van der Waals surface area contributed by atoms with Gasteiger partial charge in [-0.05, 0) is 120 Å². The van der Waals surface area contributed by atoms with E-state index in [2.05, 4.69) is 57.1 Å². The van der Waals surface area contributed by atoms with Crippen molar-refractivity contribution < 1.29 is 92.1 Å². The number of nitrogens with one attached hydrogen (secondary N) is 1. The van der Waals surface area contributed by atoms with Crippen molar-refractivity contribution in [3.8, 4) is 34.5 Å². The topological polar surface area (TPSA) is 216 Å². The predicted octanol–water partition coefficient (Wildman–Crippen LogP) is 2.21. The van der Waals surface area contributed by atoms with Crippen molar-refractivity contribution in [2.24, 2.45) is 0 Å². The number of halogens is 1. The number of Topliss-reactive ketones (excluding diaryl/α,β-unsaturated/α-hetero) is 3. The molecular formula is C59H74IN3O12. The summed E-state index contributed by atoms with van der Waals surface area (Å²) in [4.78, 5) is 40.3. The van der Waals surface area contributed by atoms with Crippen molar-refractivity contribution in [3.05, 3.63) is 93.1 Å². The second-order valence-electron chi connectivity index (χ2n) is 24.8. The summed E-state index contributed by atoms with van der Waals surface area (Å²) < 4.78 is 28.8. The number of ether oxygens (including phenoxy) is 3. The molecule has 404 valence electrons. The van der Waals surface area contributed by atoms with E-state index in [1.165, 1.54) is 11.1 Å². The molecule has 3 aromatic carbocycles. The average Bonchev–Trinajstić information content (AvgIpc) is 3.47. The van der Waals surface area contributed by atoms with Crippen molar-refractivity contribution in [1.82, 2.24) is 10.2 Å². The smallest absolute Gasteiger partial charge is 0.174 e. The van der Waals surface area contributed by atoms with Crippen LogP contribution in [0.1, 0.15) is 123 Å². The minimum Gasteiger partial charge on any atom is -1.00 e. The average molecular weight is 1150 g/mol. The van der Waals surface area contributed by atoms with Crippen LogP contribution in [0.5, 0.6) is 34.5 Å². The molecule has 0 aromatic heterocycles. The minimum absolute atomic E-state index is 0. The van der Waals surface area contributed by atoms with Gasteiger partial charge < -0.3 is 78.6 Å². The number of carbonyl (C=O) groups excluding carboxylic acids is 3. The highest BCUT2D eigenvalue weighted by atomic mass is 127. The molecule has 6 fully saturated rings. The number of quaternary nitrogens is 1. The lowest BCUT2D eigenvalue weighted by atomic mass is 9.48. The zero-order valence-corrected chi connectivity index (χ0v) is 45.7. The summed E-state index contributed by atoms with van der Waals surface area (Å²) >= 11 is 0. The Morgan fingerprint density at radius 1 is 0.653 bits per heavy atom. The molecule has 7 N–H and O–H groups in total. The van der Waals surface area contributed by atoms with E-state index in [-0.39, 0.29) is 78.1 Å². The fraction of sp³-hybridized carbons (Fsp3) is 0.576. The lowest BCUT2D eigenvalue weighted by Crippen LogP contribution is -3.00. The maximum Gasteiger partial charge on any atom is 0.174 e. The molecule has 3 aromatic rings. The highest BCUT2D eigenvalue weighted by molar-refractivity contribution is 5.92. The Balaban J connectivity index is 0.000000129. The lowest BCUT2D eigenvalue weighted by Gasteiger charge is -2.64. The Morgan fingerprint density at radius 3 is 1.65 bits per heavy atom. The van der Waals surface area contributed by atoms with E-state index in [9.17, 15) is 45.0 Å². The molecule has 0 unspecified atom stereocenters. The van der Waals surface area contributed by atoms with Gasteiger partial charge >= 0.3 is 0 Å². The van der Waals surface area contributed by atoms with Gasteiger partial charge in [-0.25, -0.2) is 0 Å². The number of hydrogen-bond donors (Lipinski definition) is 7. The van der Waals surface area contributed by atoms with Crippen LogP contribution in [-0.2, 0) is 49.9 Å². The summed E-state index contributed by atoms with van der Waals surface area (Å²) in [5.41, 5.74) is 3.51. The van der Waals surface area contributed by atoms with E-state index >= 15 is 0 Å². The number of allylic oxidation sites excluding steroid dienone is 2.